The molecule has 0 aromatic heterocycles. The first kappa shape index (κ1) is 14.2. The molecule has 1 unspecified atom stereocenters. The van der Waals surface area contributed by atoms with Crippen molar-refractivity contribution in [1.82, 2.24) is 0 Å². The Morgan fingerprint density at radius 2 is 1.68 bits per heavy atom. The Kier molecular flexibility index (Phi) is 5.08. The molecule has 106 valence electrons. The number of benzene rings is 1. The van der Waals surface area contributed by atoms with Gasteiger partial charge in [-0.05, 0) is 24.5 Å². The number of hydrogen-bond donors (Lipinski definition) is 1. The molecule has 1 aliphatic rings. The minimum absolute atomic E-state index is 0.505. The van der Waals surface area contributed by atoms with Crippen LogP contribution in [0.2, 0.25) is 0 Å². The maximum absolute atomic E-state index is 10.5. The lowest BCUT2D eigenvalue weighted by molar-refractivity contribution is 0.125. The summed E-state index contributed by atoms with van der Waals surface area (Å²) in [6.07, 6.45) is 6.68. The fraction of sp³-hybridized carbons (Fsp3) is 0.625. The van der Waals surface area contributed by atoms with Gasteiger partial charge in [-0.3, -0.25) is 0 Å². The summed E-state index contributed by atoms with van der Waals surface area (Å²) in [6.45, 7) is 0. The average molecular weight is 264 g/mol. The lowest BCUT2D eigenvalue weighted by Gasteiger charge is -2.25. The van der Waals surface area contributed by atoms with Crippen LogP contribution in [0.5, 0.6) is 11.5 Å². The van der Waals surface area contributed by atoms with Crippen LogP contribution in [0, 0.1) is 5.92 Å². The van der Waals surface area contributed by atoms with E-state index in [4.69, 9.17) is 9.47 Å². The third-order valence-electron chi connectivity index (χ3n) is 4.08. The van der Waals surface area contributed by atoms with E-state index in [9.17, 15) is 5.11 Å². The second kappa shape index (κ2) is 6.80. The van der Waals surface area contributed by atoms with Gasteiger partial charge in [-0.25, -0.2) is 0 Å². The molecular formula is C16H24O3. The number of hydrogen-bond acceptors (Lipinski definition) is 3. The number of rotatable bonds is 5. The van der Waals surface area contributed by atoms with E-state index in [0.29, 0.717) is 17.4 Å². The van der Waals surface area contributed by atoms with Gasteiger partial charge in [0.25, 0.3) is 0 Å². The first-order chi connectivity index (χ1) is 9.26. The van der Waals surface area contributed by atoms with Gasteiger partial charge in [-0.15, -0.1) is 0 Å². The second-order valence-electron chi connectivity index (χ2n) is 5.33. The van der Waals surface area contributed by atoms with E-state index in [1.54, 1.807) is 14.2 Å². The molecule has 1 saturated carbocycles. The zero-order valence-corrected chi connectivity index (χ0v) is 11.9. The Labute approximate surface area is 115 Å². The SMILES string of the molecule is COc1cccc(OC)c1C(O)CC1CCCCC1. The van der Waals surface area contributed by atoms with E-state index >= 15 is 0 Å². The highest BCUT2D eigenvalue weighted by atomic mass is 16.5. The molecule has 0 amide bonds. The van der Waals surface area contributed by atoms with Crippen molar-refractivity contribution >= 4 is 0 Å². The Hall–Kier alpha value is -1.22. The predicted molar refractivity (Wildman–Crippen MR) is 75.7 cm³/mol. The summed E-state index contributed by atoms with van der Waals surface area (Å²) in [4.78, 5) is 0. The summed E-state index contributed by atoms with van der Waals surface area (Å²) in [6, 6.07) is 5.64. The maximum atomic E-state index is 10.5. The number of aliphatic hydroxyl groups is 1. The summed E-state index contributed by atoms with van der Waals surface area (Å²) < 4.78 is 10.7. The van der Waals surface area contributed by atoms with Crippen molar-refractivity contribution in [2.75, 3.05) is 14.2 Å². The maximum Gasteiger partial charge on any atom is 0.128 e. The fourth-order valence-corrected chi connectivity index (χ4v) is 3.06. The lowest BCUT2D eigenvalue weighted by Crippen LogP contribution is -2.12. The van der Waals surface area contributed by atoms with Crippen molar-refractivity contribution in [1.29, 1.82) is 0 Å². The van der Waals surface area contributed by atoms with Gasteiger partial charge in [0.2, 0.25) is 0 Å². The van der Waals surface area contributed by atoms with Crippen LogP contribution in [0.3, 0.4) is 0 Å². The van der Waals surface area contributed by atoms with Crippen LogP contribution in [-0.2, 0) is 0 Å². The van der Waals surface area contributed by atoms with Gasteiger partial charge in [0, 0.05) is 0 Å². The van der Waals surface area contributed by atoms with E-state index in [1.807, 2.05) is 18.2 Å². The van der Waals surface area contributed by atoms with Crippen molar-refractivity contribution in [2.24, 2.45) is 5.92 Å². The van der Waals surface area contributed by atoms with Crippen LogP contribution in [0.15, 0.2) is 18.2 Å². The highest BCUT2D eigenvalue weighted by molar-refractivity contribution is 5.46. The smallest absolute Gasteiger partial charge is 0.128 e. The van der Waals surface area contributed by atoms with E-state index < -0.39 is 6.10 Å². The van der Waals surface area contributed by atoms with E-state index in [1.165, 1.54) is 32.1 Å². The number of aliphatic hydroxyl groups excluding tert-OH is 1. The molecule has 1 aromatic rings. The Morgan fingerprint density at radius 3 is 2.21 bits per heavy atom. The van der Waals surface area contributed by atoms with Crippen LogP contribution in [-0.4, -0.2) is 19.3 Å². The summed E-state index contributed by atoms with van der Waals surface area (Å²) >= 11 is 0. The van der Waals surface area contributed by atoms with Crippen molar-refractivity contribution in [3.63, 3.8) is 0 Å². The zero-order chi connectivity index (χ0) is 13.7. The Bertz CT molecular complexity index is 375. The van der Waals surface area contributed by atoms with Crippen molar-refractivity contribution < 1.29 is 14.6 Å². The molecule has 2 rings (SSSR count). The second-order valence-corrected chi connectivity index (χ2v) is 5.33. The molecule has 3 heteroatoms. The normalized spacial score (nSPS) is 18.1. The van der Waals surface area contributed by atoms with Crippen molar-refractivity contribution in [3.05, 3.63) is 23.8 Å². The first-order valence-electron chi connectivity index (χ1n) is 7.15. The minimum atomic E-state index is -0.505. The molecule has 1 aromatic carbocycles. The molecule has 1 N–H and O–H groups in total. The fourth-order valence-electron chi connectivity index (χ4n) is 3.06. The van der Waals surface area contributed by atoms with Crippen LogP contribution >= 0.6 is 0 Å². The summed E-state index contributed by atoms with van der Waals surface area (Å²) in [5, 5.41) is 10.5. The molecule has 3 nitrogen and oxygen atoms in total. The largest absolute Gasteiger partial charge is 0.496 e. The van der Waals surface area contributed by atoms with Crippen LogP contribution < -0.4 is 9.47 Å². The molecule has 0 saturated heterocycles. The van der Waals surface area contributed by atoms with Gasteiger partial charge in [0.1, 0.15) is 11.5 Å². The Morgan fingerprint density at radius 1 is 1.11 bits per heavy atom. The van der Waals surface area contributed by atoms with Gasteiger partial charge in [0.05, 0.1) is 25.9 Å². The van der Waals surface area contributed by atoms with Gasteiger partial charge in [-0.1, -0.05) is 38.2 Å². The molecule has 0 heterocycles. The van der Waals surface area contributed by atoms with Gasteiger partial charge >= 0.3 is 0 Å². The topological polar surface area (TPSA) is 38.7 Å². The monoisotopic (exact) mass is 264 g/mol. The first-order valence-corrected chi connectivity index (χ1v) is 7.15. The van der Waals surface area contributed by atoms with Crippen molar-refractivity contribution in [2.45, 2.75) is 44.6 Å². The third kappa shape index (κ3) is 3.41. The van der Waals surface area contributed by atoms with Crippen LogP contribution in [0.1, 0.15) is 50.2 Å². The predicted octanol–water partition coefficient (Wildman–Crippen LogP) is 3.71. The molecular weight excluding hydrogens is 240 g/mol. The molecule has 1 atom stereocenters. The van der Waals surface area contributed by atoms with Gasteiger partial charge < -0.3 is 14.6 Å². The number of ether oxygens (including phenoxy) is 2. The van der Waals surface area contributed by atoms with E-state index in [0.717, 1.165) is 12.0 Å². The Balaban J connectivity index is 2.14. The quantitative estimate of drug-likeness (QED) is 0.881. The third-order valence-corrected chi connectivity index (χ3v) is 4.08. The van der Waals surface area contributed by atoms with Gasteiger partial charge in [0.15, 0.2) is 0 Å². The van der Waals surface area contributed by atoms with Crippen molar-refractivity contribution in [3.8, 4) is 11.5 Å². The summed E-state index contributed by atoms with van der Waals surface area (Å²) in [5.74, 6) is 2.05. The number of methoxy groups -OCH3 is 2. The van der Waals surface area contributed by atoms with Gasteiger partial charge in [-0.2, -0.15) is 0 Å². The van der Waals surface area contributed by atoms with E-state index in [2.05, 4.69) is 0 Å². The van der Waals surface area contributed by atoms with Crippen LogP contribution in [0.25, 0.3) is 0 Å². The van der Waals surface area contributed by atoms with Crippen LogP contribution in [0.4, 0.5) is 0 Å². The average Bonchev–Trinajstić information content (AvgIpc) is 2.47. The molecule has 0 spiro atoms. The highest BCUT2D eigenvalue weighted by Gasteiger charge is 2.23. The van der Waals surface area contributed by atoms with E-state index in [-0.39, 0.29) is 0 Å². The minimum Gasteiger partial charge on any atom is -0.496 e. The summed E-state index contributed by atoms with van der Waals surface area (Å²) in [7, 11) is 3.26. The standard InChI is InChI=1S/C16H24O3/c1-18-14-9-6-10-15(19-2)16(14)13(17)11-12-7-4-3-5-8-12/h6,9-10,12-13,17H,3-5,7-8,11H2,1-2H3. The summed E-state index contributed by atoms with van der Waals surface area (Å²) in [5.41, 5.74) is 0.790. The molecule has 0 aliphatic heterocycles. The molecule has 1 aliphatic carbocycles. The molecule has 0 bridgehead atoms. The molecule has 19 heavy (non-hydrogen) atoms. The molecule has 1 fully saturated rings. The molecule has 0 radical (unpaired) electrons. The zero-order valence-electron chi connectivity index (χ0n) is 11.9. The highest BCUT2D eigenvalue weighted by Crippen LogP contribution is 2.39. The lowest BCUT2D eigenvalue weighted by atomic mass is 9.84.